The molecule has 0 radical (unpaired) electrons. The summed E-state index contributed by atoms with van der Waals surface area (Å²) in [7, 11) is 0. The first-order valence-electron chi connectivity index (χ1n) is 6.87. The quantitative estimate of drug-likeness (QED) is 0.897. The van der Waals surface area contributed by atoms with Crippen molar-refractivity contribution in [2.24, 2.45) is 5.73 Å². The SMILES string of the molecule is CCc1cccc(C)c1N1C(=O)COCC1CCN. The van der Waals surface area contributed by atoms with Crippen LogP contribution in [0.15, 0.2) is 18.2 Å². The average molecular weight is 262 g/mol. The van der Waals surface area contributed by atoms with Crippen molar-refractivity contribution in [1.29, 1.82) is 0 Å². The zero-order valence-corrected chi connectivity index (χ0v) is 11.7. The van der Waals surface area contributed by atoms with Crippen LogP contribution in [0, 0.1) is 6.92 Å². The van der Waals surface area contributed by atoms with Gasteiger partial charge in [0.25, 0.3) is 5.91 Å². The summed E-state index contributed by atoms with van der Waals surface area (Å²) in [6.07, 6.45) is 1.68. The molecule has 0 spiro atoms. The summed E-state index contributed by atoms with van der Waals surface area (Å²) in [5.74, 6) is 0.0358. The van der Waals surface area contributed by atoms with Gasteiger partial charge in [-0.25, -0.2) is 0 Å². The summed E-state index contributed by atoms with van der Waals surface area (Å²) in [5.41, 5.74) is 9.05. The van der Waals surface area contributed by atoms with Crippen molar-refractivity contribution in [3.05, 3.63) is 29.3 Å². The van der Waals surface area contributed by atoms with Crippen LogP contribution in [0.3, 0.4) is 0 Å². The van der Waals surface area contributed by atoms with E-state index in [9.17, 15) is 4.79 Å². The van der Waals surface area contributed by atoms with Gasteiger partial charge < -0.3 is 15.4 Å². The highest BCUT2D eigenvalue weighted by atomic mass is 16.5. The highest BCUT2D eigenvalue weighted by Crippen LogP contribution is 2.30. The fourth-order valence-electron chi connectivity index (χ4n) is 2.69. The van der Waals surface area contributed by atoms with Gasteiger partial charge in [-0.2, -0.15) is 0 Å². The minimum Gasteiger partial charge on any atom is -0.369 e. The number of carbonyl (C=O) groups is 1. The Morgan fingerprint density at radius 2 is 2.26 bits per heavy atom. The third-order valence-electron chi connectivity index (χ3n) is 3.61. The Kier molecular flexibility index (Phi) is 4.56. The number of nitrogens with two attached hydrogens (primary N) is 1. The third kappa shape index (κ3) is 2.80. The van der Waals surface area contributed by atoms with Gasteiger partial charge in [0.15, 0.2) is 0 Å². The molecule has 2 N–H and O–H groups in total. The number of anilines is 1. The van der Waals surface area contributed by atoms with Crippen molar-refractivity contribution < 1.29 is 9.53 Å². The van der Waals surface area contributed by atoms with Crippen LogP contribution in [0.4, 0.5) is 5.69 Å². The molecule has 0 aromatic heterocycles. The second-order valence-electron chi connectivity index (χ2n) is 4.95. The molecule has 1 atom stereocenters. The zero-order valence-electron chi connectivity index (χ0n) is 11.7. The molecule has 4 nitrogen and oxygen atoms in total. The van der Waals surface area contributed by atoms with Crippen molar-refractivity contribution in [2.45, 2.75) is 32.7 Å². The topological polar surface area (TPSA) is 55.6 Å². The fourth-order valence-corrected chi connectivity index (χ4v) is 2.69. The number of hydrogen-bond acceptors (Lipinski definition) is 3. The molecule has 1 aromatic rings. The molecule has 0 saturated carbocycles. The van der Waals surface area contributed by atoms with Crippen LogP contribution in [0.5, 0.6) is 0 Å². The smallest absolute Gasteiger partial charge is 0.253 e. The van der Waals surface area contributed by atoms with Gasteiger partial charge in [-0.1, -0.05) is 25.1 Å². The fraction of sp³-hybridized carbons (Fsp3) is 0.533. The number of carbonyl (C=O) groups excluding carboxylic acids is 1. The summed E-state index contributed by atoms with van der Waals surface area (Å²) in [5, 5.41) is 0. The Bertz CT molecular complexity index is 457. The van der Waals surface area contributed by atoms with Crippen molar-refractivity contribution >= 4 is 11.6 Å². The number of nitrogens with zero attached hydrogens (tertiary/aromatic N) is 1. The standard InChI is InChI=1S/C15H22N2O2/c1-3-12-6-4-5-11(2)15(12)17-13(7-8-16)9-19-10-14(17)18/h4-6,13H,3,7-10,16H2,1-2H3. The Hall–Kier alpha value is -1.39. The summed E-state index contributed by atoms with van der Waals surface area (Å²) >= 11 is 0. The number of ether oxygens (including phenoxy) is 1. The van der Waals surface area contributed by atoms with Crippen molar-refractivity contribution in [3.63, 3.8) is 0 Å². The summed E-state index contributed by atoms with van der Waals surface area (Å²) in [6.45, 7) is 5.46. The molecule has 1 heterocycles. The number of aryl methyl sites for hydroxylation is 2. The van der Waals surface area contributed by atoms with Crippen molar-refractivity contribution in [2.75, 3.05) is 24.7 Å². The Balaban J connectivity index is 2.43. The molecule has 0 bridgehead atoms. The van der Waals surface area contributed by atoms with Crippen LogP contribution in [-0.4, -0.2) is 31.7 Å². The molecule has 1 aliphatic rings. The van der Waals surface area contributed by atoms with Gasteiger partial charge in [-0.05, 0) is 37.4 Å². The second-order valence-corrected chi connectivity index (χ2v) is 4.95. The molecule has 4 heteroatoms. The zero-order chi connectivity index (χ0) is 13.8. The molecular weight excluding hydrogens is 240 g/mol. The molecule has 1 aromatic carbocycles. The Morgan fingerprint density at radius 1 is 1.47 bits per heavy atom. The van der Waals surface area contributed by atoms with Crippen LogP contribution >= 0.6 is 0 Å². The predicted molar refractivity (Wildman–Crippen MR) is 76.3 cm³/mol. The van der Waals surface area contributed by atoms with E-state index in [0.29, 0.717) is 13.2 Å². The molecule has 1 unspecified atom stereocenters. The van der Waals surface area contributed by atoms with E-state index >= 15 is 0 Å². The molecule has 104 valence electrons. The lowest BCUT2D eigenvalue weighted by Gasteiger charge is -2.37. The van der Waals surface area contributed by atoms with E-state index in [2.05, 4.69) is 26.0 Å². The van der Waals surface area contributed by atoms with Gasteiger partial charge in [0.1, 0.15) is 6.61 Å². The minimum absolute atomic E-state index is 0.0358. The van der Waals surface area contributed by atoms with E-state index in [4.69, 9.17) is 10.5 Å². The van der Waals surface area contributed by atoms with E-state index < -0.39 is 0 Å². The number of rotatable bonds is 4. The molecule has 0 aliphatic carbocycles. The maximum atomic E-state index is 12.3. The van der Waals surface area contributed by atoms with Gasteiger partial charge >= 0.3 is 0 Å². The highest BCUT2D eigenvalue weighted by molar-refractivity contribution is 5.97. The monoisotopic (exact) mass is 262 g/mol. The maximum Gasteiger partial charge on any atom is 0.253 e. The number of hydrogen-bond donors (Lipinski definition) is 1. The van der Waals surface area contributed by atoms with Crippen LogP contribution in [0.1, 0.15) is 24.5 Å². The minimum atomic E-state index is 0.0358. The molecule has 1 amide bonds. The van der Waals surface area contributed by atoms with Crippen molar-refractivity contribution in [1.82, 2.24) is 0 Å². The van der Waals surface area contributed by atoms with Gasteiger partial charge in [0.05, 0.1) is 18.3 Å². The molecule has 1 aliphatic heterocycles. The van der Waals surface area contributed by atoms with Gasteiger partial charge in [-0.15, -0.1) is 0 Å². The van der Waals surface area contributed by atoms with Crippen LogP contribution in [0.2, 0.25) is 0 Å². The van der Waals surface area contributed by atoms with Gasteiger partial charge in [-0.3, -0.25) is 4.79 Å². The number of amides is 1. The van der Waals surface area contributed by atoms with Crippen LogP contribution < -0.4 is 10.6 Å². The lowest BCUT2D eigenvalue weighted by Crippen LogP contribution is -2.51. The third-order valence-corrected chi connectivity index (χ3v) is 3.61. The van der Waals surface area contributed by atoms with Gasteiger partial charge in [0, 0.05) is 0 Å². The van der Waals surface area contributed by atoms with E-state index in [0.717, 1.165) is 24.1 Å². The number of benzene rings is 1. The normalized spacial score (nSPS) is 19.8. The molecule has 1 saturated heterocycles. The average Bonchev–Trinajstić information content (AvgIpc) is 2.40. The lowest BCUT2D eigenvalue weighted by atomic mass is 10.0. The summed E-state index contributed by atoms with van der Waals surface area (Å²) in [6, 6.07) is 6.24. The number of para-hydroxylation sites is 1. The van der Waals surface area contributed by atoms with Crippen molar-refractivity contribution in [3.8, 4) is 0 Å². The first kappa shape index (κ1) is 14.0. The Labute approximate surface area is 114 Å². The molecule has 1 fully saturated rings. The van der Waals surface area contributed by atoms with E-state index in [-0.39, 0.29) is 18.6 Å². The molecular formula is C15H22N2O2. The highest BCUT2D eigenvalue weighted by Gasteiger charge is 2.31. The second kappa shape index (κ2) is 6.17. The lowest BCUT2D eigenvalue weighted by molar-refractivity contribution is -0.127. The molecule has 19 heavy (non-hydrogen) atoms. The van der Waals surface area contributed by atoms with E-state index in [1.807, 2.05) is 11.0 Å². The van der Waals surface area contributed by atoms with Crippen LogP contribution in [-0.2, 0) is 16.0 Å². The summed E-state index contributed by atoms with van der Waals surface area (Å²) < 4.78 is 5.37. The van der Waals surface area contributed by atoms with Crippen LogP contribution in [0.25, 0.3) is 0 Å². The Morgan fingerprint density at radius 3 is 2.95 bits per heavy atom. The van der Waals surface area contributed by atoms with E-state index in [1.54, 1.807) is 0 Å². The number of morpholine rings is 1. The van der Waals surface area contributed by atoms with E-state index in [1.165, 1.54) is 5.56 Å². The first-order chi connectivity index (χ1) is 9.19. The largest absolute Gasteiger partial charge is 0.369 e. The molecule has 2 rings (SSSR count). The van der Waals surface area contributed by atoms with Gasteiger partial charge in [0.2, 0.25) is 0 Å². The first-order valence-corrected chi connectivity index (χ1v) is 6.87. The summed E-state index contributed by atoms with van der Waals surface area (Å²) in [4.78, 5) is 14.2. The predicted octanol–water partition coefficient (Wildman–Crippen LogP) is 1.64. The maximum absolute atomic E-state index is 12.3.